The highest BCUT2D eigenvalue weighted by atomic mass is 19.1. The number of halogens is 1. The minimum atomic E-state index is -1.21. The fourth-order valence-corrected chi connectivity index (χ4v) is 1.89. The van der Waals surface area contributed by atoms with Gasteiger partial charge in [0.05, 0.1) is 85.8 Å². The first-order valence-corrected chi connectivity index (χ1v) is 10.2. The number of nitrogens with one attached hydrogen (secondary N) is 2. The topological polar surface area (TPSA) is 96.5 Å². The number of hydrogen-bond donors (Lipinski definition) is 2. The standard InChI is InChI=1S/C19H39FN2O7/c1-3-19(23)22-16-18(20)17-29-15-14-28-13-12-27-11-10-26-9-8-25-7-6-24-5-4-21-2/h18,21H,3-17H2,1-2H3,(H,22,23). The summed E-state index contributed by atoms with van der Waals surface area (Å²) in [5, 5.41) is 5.48. The van der Waals surface area contributed by atoms with Gasteiger partial charge in [0, 0.05) is 13.0 Å². The van der Waals surface area contributed by atoms with Crippen LogP contribution >= 0.6 is 0 Å². The average Bonchev–Trinajstić information content (AvgIpc) is 2.73. The van der Waals surface area contributed by atoms with E-state index in [0.717, 1.165) is 6.54 Å². The van der Waals surface area contributed by atoms with Gasteiger partial charge < -0.3 is 39.1 Å². The van der Waals surface area contributed by atoms with Crippen molar-refractivity contribution in [3.63, 3.8) is 0 Å². The van der Waals surface area contributed by atoms with Crippen molar-refractivity contribution in [3.05, 3.63) is 0 Å². The highest BCUT2D eigenvalue weighted by Gasteiger charge is 2.07. The van der Waals surface area contributed by atoms with E-state index in [2.05, 4.69) is 10.6 Å². The Kier molecular flexibility index (Phi) is 22.7. The molecule has 2 N–H and O–H groups in total. The quantitative estimate of drug-likeness (QED) is 0.223. The van der Waals surface area contributed by atoms with Crippen LogP contribution in [0.2, 0.25) is 0 Å². The SMILES string of the molecule is CCC(=O)NCC(F)COCCOCCOCCOCCOCCOCCNC. The summed E-state index contributed by atoms with van der Waals surface area (Å²) in [6.45, 7) is 7.88. The molecule has 0 heterocycles. The van der Waals surface area contributed by atoms with Gasteiger partial charge in [0.2, 0.25) is 5.91 Å². The Bertz CT molecular complexity index is 355. The largest absolute Gasteiger partial charge is 0.378 e. The van der Waals surface area contributed by atoms with Crippen LogP contribution in [0, 0.1) is 0 Å². The Morgan fingerprint density at radius 2 is 1.17 bits per heavy atom. The molecule has 0 aromatic rings. The Morgan fingerprint density at radius 1 is 0.759 bits per heavy atom. The van der Waals surface area contributed by atoms with E-state index in [1.165, 1.54) is 0 Å². The first-order chi connectivity index (χ1) is 14.2. The van der Waals surface area contributed by atoms with Crippen molar-refractivity contribution in [2.45, 2.75) is 19.5 Å². The van der Waals surface area contributed by atoms with Gasteiger partial charge in [0.1, 0.15) is 6.17 Å². The molecule has 174 valence electrons. The van der Waals surface area contributed by atoms with E-state index < -0.39 is 6.17 Å². The summed E-state index contributed by atoms with van der Waals surface area (Å²) in [5.41, 5.74) is 0. The molecule has 0 bridgehead atoms. The monoisotopic (exact) mass is 426 g/mol. The summed E-state index contributed by atoms with van der Waals surface area (Å²) in [4.78, 5) is 11.0. The Hall–Kier alpha value is -0.880. The van der Waals surface area contributed by atoms with Crippen molar-refractivity contribution >= 4 is 5.91 Å². The highest BCUT2D eigenvalue weighted by Crippen LogP contribution is 1.92. The van der Waals surface area contributed by atoms with Crippen molar-refractivity contribution in [2.75, 3.05) is 99.4 Å². The minimum absolute atomic E-state index is 0.0268. The fraction of sp³-hybridized carbons (Fsp3) is 0.947. The molecule has 0 fully saturated rings. The molecule has 1 amide bonds. The van der Waals surface area contributed by atoms with Crippen LogP contribution in [0.15, 0.2) is 0 Å². The molecule has 29 heavy (non-hydrogen) atoms. The molecule has 0 aliphatic rings. The summed E-state index contributed by atoms with van der Waals surface area (Å²) in [6, 6.07) is 0. The second kappa shape index (κ2) is 23.4. The summed E-state index contributed by atoms with van der Waals surface area (Å²) in [6.07, 6.45) is -0.867. The second-order valence-electron chi connectivity index (χ2n) is 6.00. The van der Waals surface area contributed by atoms with Crippen LogP contribution in [0.1, 0.15) is 13.3 Å². The summed E-state index contributed by atoms with van der Waals surface area (Å²) >= 11 is 0. The number of hydrogen-bond acceptors (Lipinski definition) is 8. The van der Waals surface area contributed by atoms with E-state index in [-0.39, 0.29) is 19.1 Å². The molecule has 1 atom stereocenters. The van der Waals surface area contributed by atoms with Gasteiger partial charge in [0.25, 0.3) is 0 Å². The predicted octanol–water partition coefficient (Wildman–Crippen LogP) is 0.170. The molecule has 0 aromatic heterocycles. The third kappa shape index (κ3) is 23.3. The van der Waals surface area contributed by atoms with Crippen molar-refractivity contribution in [1.29, 1.82) is 0 Å². The van der Waals surface area contributed by atoms with Crippen molar-refractivity contribution < 1.29 is 37.6 Å². The van der Waals surface area contributed by atoms with Crippen LogP contribution in [0.3, 0.4) is 0 Å². The molecule has 0 radical (unpaired) electrons. The van der Waals surface area contributed by atoms with Gasteiger partial charge in [0.15, 0.2) is 0 Å². The normalized spacial score (nSPS) is 12.2. The fourth-order valence-electron chi connectivity index (χ4n) is 1.89. The zero-order valence-electron chi connectivity index (χ0n) is 17.9. The second-order valence-corrected chi connectivity index (χ2v) is 6.00. The number of rotatable bonds is 23. The number of likely N-dealkylation sites (N-methyl/N-ethyl adjacent to an activating group) is 1. The molecule has 1 unspecified atom stereocenters. The van der Waals surface area contributed by atoms with Crippen LogP contribution in [0.4, 0.5) is 4.39 Å². The molecule has 0 aromatic carbocycles. The van der Waals surface area contributed by atoms with E-state index in [1.807, 2.05) is 7.05 Å². The summed E-state index contributed by atoms with van der Waals surface area (Å²) in [5.74, 6) is -0.170. The van der Waals surface area contributed by atoms with Crippen molar-refractivity contribution in [1.82, 2.24) is 10.6 Å². The molecule has 0 aliphatic heterocycles. The Labute approximate surface area is 173 Å². The number of carbonyl (C=O) groups is 1. The zero-order valence-corrected chi connectivity index (χ0v) is 17.9. The van der Waals surface area contributed by atoms with E-state index in [0.29, 0.717) is 79.1 Å². The van der Waals surface area contributed by atoms with Crippen molar-refractivity contribution in [2.24, 2.45) is 0 Å². The number of carbonyl (C=O) groups excluding carboxylic acids is 1. The van der Waals surface area contributed by atoms with Crippen LogP contribution in [0.5, 0.6) is 0 Å². The molecule has 0 aliphatic carbocycles. The van der Waals surface area contributed by atoms with Gasteiger partial charge in [-0.05, 0) is 7.05 Å². The maximum atomic E-state index is 13.4. The smallest absolute Gasteiger partial charge is 0.219 e. The summed E-state index contributed by atoms with van der Waals surface area (Å²) in [7, 11) is 1.88. The number of alkyl halides is 1. The van der Waals surface area contributed by atoms with Gasteiger partial charge >= 0.3 is 0 Å². The van der Waals surface area contributed by atoms with Gasteiger partial charge in [-0.1, -0.05) is 6.92 Å². The Morgan fingerprint density at radius 3 is 1.59 bits per heavy atom. The van der Waals surface area contributed by atoms with Gasteiger partial charge in [-0.25, -0.2) is 4.39 Å². The lowest BCUT2D eigenvalue weighted by Gasteiger charge is -2.10. The van der Waals surface area contributed by atoms with Gasteiger partial charge in [-0.15, -0.1) is 0 Å². The maximum absolute atomic E-state index is 13.4. The highest BCUT2D eigenvalue weighted by molar-refractivity contribution is 5.75. The first-order valence-electron chi connectivity index (χ1n) is 10.2. The van der Waals surface area contributed by atoms with Crippen LogP contribution in [-0.2, 0) is 33.2 Å². The van der Waals surface area contributed by atoms with E-state index >= 15 is 0 Å². The lowest BCUT2D eigenvalue weighted by molar-refractivity contribution is -0.121. The van der Waals surface area contributed by atoms with Gasteiger partial charge in [-0.2, -0.15) is 0 Å². The molecular weight excluding hydrogens is 387 g/mol. The molecule has 0 rings (SSSR count). The summed E-state index contributed by atoms with van der Waals surface area (Å²) < 4.78 is 45.3. The molecule has 10 heteroatoms. The predicted molar refractivity (Wildman–Crippen MR) is 107 cm³/mol. The third-order valence-electron chi connectivity index (χ3n) is 3.50. The lowest BCUT2D eigenvalue weighted by atomic mass is 10.4. The molecule has 0 saturated heterocycles. The third-order valence-corrected chi connectivity index (χ3v) is 3.50. The first kappa shape index (κ1) is 28.1. The number of amides is 1. The maximum Gasteiger partial charge on any atom is 0.219 e. The van der Waals surface area contributed by atoms with Crippen LogP contribution in [0.25, 0.3) is 0 Å². The molecule has 0 spiro atoms. The average molecular weight is 427 g/mol. The van der Waals surface area contributed by atoms with Crippen molar-refractivity contribution in [3.8, 4) is 0 Å². The number of ether oxygens (including phenoxy) is 6. The van der Waals surface area contributed by atoms with E-state index in [1.54, 1.807) is 6.92 Å². The van der Waals surface area contributed by atoms with Crippen LogP contribution in [-0.4, -0.2) is 111 Å². The van der Waals surface area contributed by atoms with E-state index in [9.17, 15) is 9.18 Å². The van der Waals surface area contributed by atoms with Gasteiger partial charge in [-0.3, -0.25) is 4.79 Å². The molecule has 9 nitrogen and oxygen atoms in total. The lowest BCUT2D eigenvalue weighted by Crippen LogP contribution is -2.32. The zero-order chi connectivity index (χ0) is 21.4. The van der Waals surface area contributed by atoms with Crippen LogP contribution < -0.4 is 10.6 Å². The van der Waals surface area contributed by atoms with E-state index in [4.69, 9.17) is 28.4 Å². The minimum Gasteiger partial charge on any atom is -0.378 e. The molecular formula is C19H39FN2O7. The Balaban J connectivity index is 3.11. The molecule has 0 saturated carbocycles.